The van der Waals surface area contributed by atoms with Gasteiger partial charge in [0.15, 0.2) is 10.9 Å². The van der Waals surface area contributed by atoms with Crippen LogP contribution in [0.5, 0.6) is 0 Å². The number of fused-ring (bicyclic) bond motifs is 1. The molecule has 11 heteroatoms. The molecule has 1 aliphatic heterocycles. The molecule has 0 aromatic carbocycles. The zero-order valence-corrected chi connectivity index (χ0v) is 17.5. The van der Waals surface area contributed by atoms with E-state index in [-0.39, 0.29) is 11.9 Å². The molecule has 1 atom stereocenters. The van der Waals surface area contributed by atoms with Crippen LogP contribution in [0.2, 0.25) is 0 Å². The van der Waals surface area contributed by atoms with E-state index in [1.807, 2.05) is 39.1 Å². The van der Waals surface area contributed by atoms with E-state index >= 15 is 0 Å². The monoisotopic (exact) mass is 435 g/mol. The van der Waals surface area contributed by atoms with E-state index in [1.165, 1.54) is 24.2 Å². The number of aromatic amines is 1. The minimum atomic E-state index is -0.332. The molecule has 0 radical (unpaired) electrons. The van der Waals surface area contributed by atoms with Crippen LogP contribution in [0.25, 0.3) is 5.65 Å². The van der Waals surface area contributed by atoms with E-state index in [0.717, 1.165) is 36.5 Å². The highest BCUT2D eigenvalue weighted by atomic mass is 32.1. The second-order valence-corrected chi connectivity index (χ2v) is 8.76. The summed E-state index contributed by atoms with van der Waals surface area (Å²) >= 11 is 1.41. The summed E-state index contributed by atoms with van der Waals surface area (Å²) in [5, 5.41) is 16.2. The van der Waals surface area contributed by atoms with Gasteiger partial charge in [-0.1, -0.05) is 0 Å². The number of rotatable bonds is 6. The largest absolute Gasteiger partial charge is 0.329 e. The Hall–Kier alpha value is -3.47. The Morgan fingerprint density at radius 3 is 3.03 bits per heavy atom. The van der Waals surface area contributed by atoms with Crippen molar-refractivity contribution in [2.24, 2.45) is 0 Å². The van der Waals surface area contributed by atoms with Gasteiger partial charge >= 0.3 is 0 Å². The summed E-state index contributed by atoms with van der Waals surface area (Å²) < 4.78 is 1.88. The summed E-state index contributed by atoms with van der Waals surface area (Å²) in [5.41, 5.74) is 1.91. The fourth-order valence-electron chi connectivity index (χ4n) is 4.01. The molecule has 3 N–H and O–H groups in total. The number of amides is 1. The third-order valence-corrected chi connectivity index (χ3v) is 6.39. The number of nitrogens with zero attached hydrogens (tertiary/aromatic N) is 6. The average Bonchev–Trinajstić information content (AvgIpc) is 3.27. The predicted octanol–water partition coefficient (Wildman–Crippen LogP) is 3.14. The fourth-order valence-corrected chi connectivity index (χ4v) is 4.54. The SMILES string of the molecule is O=C(Nc1nccs1)[C@@H]1CCCN1c1nc(Nc2cc(C3CC3)[nH]n2)n2cccc2n1. The molecule has 1 amide bonds. The Balaban J connectivity index is 1.30. The van der Waals surface area contributed by atoms with Crippen molar-refractivity contribution in [1.29, 1.82) is 0 Å². The highest BCUT2D eigenvalue weighted by molar-refractivity contribution is 7.13. The van der Waals surface area contributed by atoms with Gasteiger partial charge in [0.25, 0.3) is 0 Å². The fraction of sp³-hybridized carbons (Fsp3) is 0.350. The molecule has 1 saturated heterocycles. The number of aromatic nitrogens is 6. The topological polar surface area (TPSA) is 116 Å². The van der Waals surface area contributed by atoms with Crippen molar-refractivity contribution in [2.75, 3.05) is 22.1 Å². The summed E-state index contributed by atoms with van der Waals surface area (Å²) in [4.78, 5) is 28.5. The Morgan fingerprint density at radius 2 is 2.19 bits per heavy atom. The highest BCUT2D eigenvalue weighted by Crippen LogP contribution is 2.39. The van der Waals surface area contributed by atoms with Gasteiger partial charge in [-0.3, -0.25) is 14.3 Å². The minimum Gasteiger partial charge on any atom is -0.329 e. The molecule has 2 fully saturated rings. The Bertz CT molecular complexity index is 1230. The number of nitrogens with one attached hydrogen (secondary N) is 3. The molecule has 4 aromatic heterocycles. The molecule has 4 aromatic rings. The van der Waals surface area contributed by atoms with Gasteiger partial charge in [0, 0.05) is 42.0 Å². The first-order valence-corrected chi connectivity index (χ1v) is 11.3. The van der Waals surface area contributed by atoms with Crippen LogP contribution >= 0.6 is 11.3 Å². The minimum absolute atomic E-state index is 0.0813. The van der Waals surface area contributed by atoms with E-state index in [0.29, 0.717) is 22.9 Å². The Morgan fingerprint density at radius 1 is 1.26 bits per heavy atom. The number of thiazole rings is 1. The molecule has 10 nitrogen and oxygen atoms in total. The molecule has 5 heterocycles. The molecule has 0 unspecified atom stereocenters. The summed E-state index contributed by atoms with van der Waals surface area (Å²) in [6.07, 6.45) is 7.66. The van der Waals surface area contributed by atoms with Crippen LogP contribution < -0.4 is 15.5 Å². The molecule has 0 bridgehead atoms. The first kappa shape index (κ1) is 18.3. The third-order valence-electron chi connectivity index (χ3n) is 5.71. The van der Waals surface area contributed by atoms with E-state index < -0.39 is 0 Å². The van der Waals surface area contributed by atoms with Crippen LogP contribution in [-0.4, -0.2) is 48.0 Å². The van der Waals surface area contributed by atoms with Crippen LogP contribution in [0, 0.1) is 0 Å². The van der Waals surface area contributed by atoms with E-state index in [4.69, 9.17) is 9.97 Å². The van der Waals surface area contributed by atoms with Crippen molar-refractivity contribution < 1.29 is 4.79 Å². The lowest BCUT2D eigenvalue weighted by Gasteiger charge is -2.24. The van der Waals surface area contributed by atoms with Crippen molar-refractivity contribution in [2.45, 2.75) is 37.6 Å². The van der Waals surface area contributed by atoms with Gasteiger partial charge in [-0.15, -0.1) is 11.3 Å². The molecule has 6 rings (SSSR count). The third kappa shape index (κ3) is 3.50. The summed E-state index contributed by atoms with van der Waals surface area (Å²) in [6.45, 7) is 0.723. The van der Waals surface area contributed by atoms with E-state index in [1.54, 1.807) is 6.20 Å². The zero-order valence-electron chi connectivity index (χ0n) is 16.7. The maximum Gasteiger partial charge on any atom is 0.248 e. The van der Waals surface area contributed by atoms with Crippen molar-refractivity contribution in [3.8, 4) is 0 Å². The second kappa shape index (κ2) is 7.34. The van der Waals surface area contributed by atoms with Gasteiger partial charge in [-0.05, 0) is 37.8 Å². The zero-order chi connectivity index (χ0) is 20.8. The lowest BCUT2D eigenvalue weighted by atomic mass is 10.2. The van der Waals surface area contributed by atoms with E-state index in [9.17, 15) is 4.79 Å². The Labute approximate surface area is 181 Å². The van der Waals surface area contributed by atoms with Crippen LogP contribution in [0.15, 0.2) is 36.0 Å². The lowest BCUT2D eigenvalue weighted by Crippen LogP contribution is -2.40. The first-order valence-electron chi connectivity index (χ1n) is 10.4. The van der Waals surface area contributed by atoms with Crippen molar-refractivity contribution in [3.63, 3.8) is 0 Å². The average molecular weight is 436 g/mol. The van der Waals surface area contributed by atoms with Gasteiger partial charge in [-0.2, -0.15) is 15.1 Å². The molecule has 158 valence electrons. The van der Waals surface area contributed by atoms with Crippen LogP contribution in [0.1, 0.15) is 37.3 Å². The molecule has 1 saturated carbocycles. The molecule has 0 spiro atoms. The molecule has 31 heavy (non-hydrogen) atoms. The molecule has 1 aliphatic carbocycles. The van der Waals surface area contributed by atoms with Gasteiger partial charge in [-0.25, -0.2) is 4.98 Å². The number of H-pyrrole nitrogens is 1. The number of hydrogen-bond donors (Lipinski definition) is 3. The van der Waals surface area contributed by atoms with Gasteiger partial charge in [0.1, 0.15) is 11.7 Å². The molecular weight excluding hydrogens is 414 g/mol. The van der Waals surface area contributed by atoms with Crippen LogP contribution in [-0.2, 0) is 4.79 Å². The smallest absolute Gasteiger partial charge is 0.248 e. The first-order chi connectivity index (χ1) is 15.2. The summed E-state index contributed by atoms with van der Waals surface area (Å²) in [5.74, 6) is 2.38. The highest BCUT2D eigenvalue weighted by Gasteiger charge is 2.33. The predicted molar refractivity (Wildman–Crippen MR) is 118 cm³/mol. The number of hydrogen-bond acceptors (Lipinski definition) is 8. The normalized spacial score (nSPS) is 18.6. The van der Waals surface area contributed by atoms with Crippen LogP contribution in [0.3, 0.4) is 0 Å². The van der Waals surface area contributed by atoms with Gasteiger partial charge < -0.3 is 15.5 Å². The standard InChI is InChI=1S/C20H21N9OS/c30-17(24-20-21-7-10-31-20)14-3-1-8-28(14)19-23-16-4-2-9-29(16)18(25-19)22-15-11-13(26-27-15)12-5-6-12/h2,4,7,9-12,14H,1,3,5-6,8H2,(H,21,24,30)(H2,22,23,25,26,27)/t14-/m0/s1. The second-order valence-electron chi connectivity index (χ2n) is 7.87. The number of carbonyl (C=O) groups excluding carboxylic acids is 1. The van der Waals surface area contributed by atoms with Gasteiger partial charge in [0.2, 0.25) is 17.8 Å². The number of anilines is 4. The van der Waals surface area contributed by atoms with Gasteiger partial charge in [0.05, 0.1) is 0 Å². The van der Waals surface area contributed by atoms with Crippen LogP contribution in [0.4, 0.5) is 22.8 Å². The number of carbonyl (C=O) groups is 1. The summed E-state index contributed by atoms with van der Waals surface area (Å²) in [7, 11) is 0. The maximum absolute atomic E-state index is 12.9. The van der Waals surface area contributed by atoms with Crippen molar-refractivity contribution >= 4 is 45.7 Å². The van der Waals surface area contributed by atoms with E-state index in [2.05, 4.69) is 25.8 Å². The molecule has 2 aliphatic rings. The maximum atomic E-state index is 12.9. The molecular formula is C20H21N9OS. The summed E-state index contributed by atoms with van der Waals surface area (Å²) in [6, 6.07) is 5.56. The Kier molecular flexibility index (Phi) is 4.34. The quantitative estimate of drug-likeness (QED) is 0.426. The lowest BCUT2D eigenvalue weighted by molar-refractivity contribution is -0.117. The van der Waals surface area contributed by atoms with Crippen molar-refractivity contribution in [1.82, 2.24) is 29.5 Å². The van der Waals surface area contributed by atoms with Crippen molar-refractivity contribution in [3.05, 3.63) is 41.7 Å².